The second-order valence-electron chi connectivity index (χ2n) is 6.97. The Balaban J connectivity index is 1.32. The molecule has 0 spiro atoms. The van der Waals surface area contributed by atoms with Crippen molar-refractivity contribution in [2.24, 2.45) is 0 Å². The van der Waals surface area contributed by atoms with Crippen LogP contribution in [0.3, 0.4) is 0 Å². The lowest BCUT2D eigenvalue weighted by Crippen LogP contribution is -2.06. The van der Waals surface area contributed by atoms with Crippen LogP contribution in [0.25, 0.3) is 11.3 Å². The third-order valence-electron chi connectivity index (χ3n) is 4.72. The molecular formula is C25H23N3O4. The Bertz CT molecular complexity index is 1140. The minimum Gasteiger partial charge on any atom is -0.489 e. The molecule has 0 fully saturated rings. The molecule has 162 valence electrons. The molecule has 0 unspecified atom stereocenters. The van der Waals surface area contributed by atoms with E-state index in [4.69, 9.17) is 14.2 Å². The van der Waals surface area contributed by atoms with Crippen molar-refractivity contribution in [3.63, 3.8) is 0 Å². The summed E-state index contributed by atoms with van der Waals surface area (Å²) < 4.78 is 16.7. The molecule has 0 saturated carbocycles. The summed E-state index contributed by atoms with van der Waals surface area (Å²) in [5, 5.41) is 10.4. The average molecular weight is 429 g/mol. The van der Waals surface area contributed by atoms with E-state index >= 15 is 0 Å². The van der Waals surface area contributed by atoms with Gasteiger partial charge in [0.2, 0.25) is 0 Å². The molecule has 0 radical (unpaired) electrons. The van der Waals surface area contributed by atoms with Gasteiger partial charge in [0.15, 0.2) is 5.69 Å². The van der Waals surface area contributed by atoms with Crippen molar-refractivity contribution >= 4 is 5.97 Å². The molecule has 0 bridgehead atoms. The topological polar surface area (TPSA) is 86.3 Å². The third kappa shape index (κ3) is 5.31. The summed E-state index contributed by atoms with van der Waals surface area (Å²) in [5.41, 5.74) is 3.51. The smallest absolute Gasteiger partial charge is 0.361 e. The van der Waals surface area contributed by atoms with Gasteiger partial charge in [-0.1, -0.05) is 42.5 Å². The van der Waals surface area contributed by atoms with E-state index in [0.717, 1.165) is 22.4 Å². The van der Waals surface area contributed by atoms with Crippen LogP contribution in [0.2, 0.25) is 0 Å². The maximum absolute atomic E-state index is 12.0. The van der Waals surface area contributed by atoms with Crippen molar-refractivity contribution in [2.75, 3.05) is 6.61 Å². The predicted molar refractivity (Wildman–Crippen MR) is 119 cm³/mol. The molecule has 32 heavy (non-hydrogen) atoms. The average Bonchev–Trinajstić information content (AvgIpc) is 3.33. The highest BCUT2D eigenvalue weighted by Crippen LogP contribution is 2.24. The van der Waals surface area contributed by atoms with Crippen LogP contribution in [-0.4, -0.2) is 28.0 Å². The van der Waals surface area contributed by atoms with Gasteiger partial charge in [-0.25, -0.2) is 4.79 Å². The van der Waals surface area contributed by atoms with E-state index < -0.39 is 5.97 Å². The highest BCUT2D eigenvalue weighted by molar-refractivity contribution is 5.93. The number of aromatic amines is 1. The number of esters is 1. The molecule has 7 heteroatoms. The van der Waals surface area contributed by atoms with Gasteiger partial charge in [0, 0.05) is 5.56 Å². The zero-order valence-electron chi connectivity index (χ0n) is 17.7. The number of H-pyrrole nitrogens is 1. The molecular weight excluding hydrogens is 406 g/mol. The van der Waals surface area contributed by atoms with Crippen molar-refractivity contribution < 1.29 is 19.0 Å². The number of nitrogens with one attached hydrogen (secondary N) is 1. The molecule has 4 rings (SSSR count). The van der Waals surface area contributed by atoms with Crippen LogP contribution in [0.4, 0.5) is 0 Å². The Hall–Kier alpha value is -4.13. The second-order valence-corrected chi connectivity index (χ2v) is 6.97. The number of carbonyl (C=O) groups is 1. The van der Waals surface area contributed by atoms with E-state index in [0.29, 0.717) is 24.7 Å². The summed E-state index contributed by atoms with van der Waals surface area (Å²) in [7, 11) is 0. The summed E-state index contributed by atoms with van der Waals surface area (Å²) in [6, 6.07) is 25.2. The maximum Gasteiger partial charge on any atom is 0.361 e. The van der Waals surface area contributed by atoms with E-state index in [2.05, 4.69) is 15.4 Å². The van der Waals surface area contributed by atoms with Crippen LogP contribution in [-0.2, 0) is 18.0 Å². The van der Waals surface area contributed by atoms with Gasteiger partial charge < -0.3 is 14.2 Å². The fraction of sp³-hybridized carbons (Fsp3) is 0.160. The van der Waals surface area contributed by atoms with Crippen molar-refractivity contribution in [1.29, 1.82) is 0 Å². The third-order valence-corrected chi connectivity index (χ3v) is 4.72. The molecule has 1 heterocycles. The van der Waals surface area contributed by atoms with Gasteiger partial charge in [-0.3, -0.25) is 0 Å². The second kappa shape index (κ2) is 10.3. The fourth-order valence-electron chi connectivity index (χ4n) is 3.07. The largest absolute Gasteiger partial charge is 0.489 e. The lowest BCUT2D eigenvalue weighted by Gasteiger charge is -2.09. The van der Waals surface area contributed by atoms with Crippen molar-refractivity contribution in [3.05, 3.63) is 95.7 Å². The van der Waals surface area contributed by atoms with Gasteiger partial charge >= 0.3 is 5.97 Å². The van der Waals surface area contributed by atoms with Crippen LogP contribution in [0.1, 0.15) is 28.5 Å². The Morgan fingerprint density at radius 3 is 2.00 bits per heavy atom. The lowest BCUT2D eigenvalue weighted by atomic mass is 10.1. The minimum atomic E-state index is -0.507. The quantitative estimate of drug-likeness (QED) is 0.385. The number of carbonyl (C=O) groups excluding carboxylic acids is 1. The molecule has 0 atom stereocenters. The zero-order chi connectivity index (χ0) is 22.2. The molecule has 1 N–H and O–H groups in total. The summed E-state index contributed by atoms with van der Waals surface area (Å²) in [6.45, 7) is 2.98. The zero-order valence-corrected chi connectivity index (χ0v) is 17.7. The summed E-state index contributed by atoms with van der Waals surface area (Å²) in [6.07, 6.45) is 0. The number of hydrogen-bond acceptors (Lipinski definition) is 6. The monoisotopic (exact) mass is 429 g/mol. The van der Waals surface area contributed by atoms with E-state index in [-0.39, 0.29) is 12.3 Å². The molecule has 7 nitrogen and oxygen atoms in total. The first kappa shape index (κ1) is 21.1. The lowest BCUT2D eigenvalue weighted by molar-refractivity contribution is 0.0520. The number of nitrogens with zero attached hydrogens (tertiary/aromatic N) is 2. The standard InChI is InChI=1S/C25H23N3O4/c1-2-30-25(29)24-23(26-28-27-24)20-10-14-22(15-11-20)32-17-19-8-12-21(13-9-19)31-16-18-6-4-3-5-7-18/h3-15H,2,16-17H2,1H3,(H,26,27,28). The normalized spacial score (nSPS) is 10.5. The minimum absolute atomic E-state index is 0.162. The number of aromatic nitrogens is 3. The molecule has 3 aromatic carbocycles. The number of ether oxygens (including phenoxy) is 3. The highest BCUT2D eigenvalue weighted by Gasteiger charge is 2.18. The van der Waals surface area contributed by atoms with Gasteiger partial charge in [0.1, 0.15) is 30.4 Å². The maximum atomic E-state index is 12.0. The van der Waals surface area contributed by atoms with Gasteiger partial charge in [-0.05, 0) is 54.4 Å². The van der Waals surface area contributed by atoms with Crippen molar-refractivity contribution in [3.8, 4) is 22.8 Å². The SMILES string of the molecule is CCOC(=O)c1n[nH]nc1-c1ccc(OCc2ccc(OCc3ccccc3)cc2)cc1. The van der Waals surface area contributed by atoms with Gasteiger partial charge in [-0.2, -0.15) is 10.3 Å². The van der Waals surface area contributed by atoms with E-state index in [1.54, 1.807) is 6.92 Å². The molecule has 1 aromatic heterocycles. The van der Waals surface area contributed by atoms with Gasteiger partial charge in [-0.15, -0.1) is 5.10 Å². The molecule has 0 aliphatic heterocycles. The van der Waals surface area contributed by atoms with E-state index in [9.17, 15) is 4.79 Å². The summed E-state index contributed by atoms with van der Waals surface area (Å²) in [5.74, 6) is 1.01. The first-order valence-electron chi connectivity index (χ1n) is 10.3. The Morgan fingerprint density at radius 1 is 0.781 bits per heavy atom. The van der Waals surface area contributed by atoms with Crippen LogP contribution in [0.5, 0.6) is 11.5 Å². The Kier molecular flexibility index (Phi) is 6.77. The first-order valence-corrected chi connectivity index (χ1v) is 10.3. The van der Waals surface area contributed by atoms with Crippen LogP contribution in [0.15, 0.2) is 78.9 Å². The number of benzene rings is 3. The first-order chi connectivity index (χ1) is 15.7. The van der Waals surface area contributed by atoms with Gasteiger partial charge in [0.25, 0.3) is 0 Å². The van der Waals surface area contributed by atoms with Crippen LogP contribution < -0.4 is 9.47 Å². The van der Waals surface area contributed by atoms with E-state index in [1.165, 1.54) is 0 Å². The summed E-state index contributed by atoms with van der Waals surface area (Å²) in [4.78, 5) is 12.0. The number of hydrogen-bond donors (Lipinski definition) is 1. The molecule has 4 aromatic rings. The van der Waals surface area contributed by atoms with Crippen LogP contribution in [0, 0.1) is 0 Å². The molecule has 0 aliphatic carbocycles. The predicted octanol–water partition coefficient (Wildman–Crippen LogP) is 4.81. The Morgan fingerprint density at radius 2 is 1.38 bits per heavy atom. The highest BCUT2D eigenvalue weighted by atomic mass is 16.5. The van der Waals surface area contributed by atoms with Crippen molar-refractivity contribution in [2.45, 2.75) is 20.1 Å². The molecule has 0 saturated heterocycles. The summed E-state index contributed by atoms with van der Waals surface area (Å²) >= 11 is 0. The molecule has 0 amide bonds. The Labute approximate surface area is 186 Å². The van der Waals surface area contributed by atoms with Gasteiger partial charge in [0.05, 0.1) is 6.61 Å². The van der Waals surface area contributed by atoms with Crippen molar-refractivity contribution in [1.82, 2.24) is 15.4 Å². The molecule has 0 aliphatic rings. The number of rotatable bonds is 9. The van der Waals surface area contributed by atoms with E-state index in [1.807, 2.05) is 78.9 Å². The van der Waals surface area contributed by atoms with Crippen LogP contribution >= 0.6 is 0 Å². The fourth-order valence-corrected chi connectivity index (χ4v) is 3.07.